The topological polar surface area (TPSA) is 78.5 Å². The fourth-order valence-corrected chi connectivity index (χ4v) is 4.38. The molecule has 2 heterocycles. The quantitative estimate of drug-likeness (QED) is 0.798. The van der Waals surface area contributed by atoms with Crippen LogP contribution in [0, 0.1) is 5.92 Å². The zero-order valence-electron chi connectivity index (χ0n) is 14.1. The van der Waals surface area contributed by atoms with Crippen molar-refractivity contribution in [2.75, 3.05) is 13.1 Å². The zero-order valence-corrected chi connectivity index (χ0v) is 14.9. The lowest BCUT2D eigenvalue weighted by atomic mass is 9.80. The molecule has 1 atom stereocenters. The second-order valence-corrected chi connectivity index (χ2v) is 7.87. The molecule has 1 saturated heterocycles. The van der Waals surface area contributed by atoms with E-state index in [9.17, 15) is 14.4 Å². The molecule has 1 aromatic rings. The molecule has 2 N–H and O–H groups in total. The van der Waals surface area contributed by atoms with Gasteiger partial charge in [-0.3, -0.25) is 14.5 Å². The van der Waals surface area contributed by atoms with Gasteiger partial charge in [0.1, 0.15) is 12.1 Å². The van der Waals surface area contributed by atoms with Gasteiger partial charge < -0.3 is 10.6 Å². The molecule has 6 nitrogen and oxygen atoms in total. The number of aryl methyl sites for hydroxylation is 1. The van der Waals surface area contributed by atoms with Gasteiger partial charge in [0.25, 0.3) is 5.91 Å². The number of nitrogens with zero attached hydrogens (tertiary/aromatic N) is 1. The first kappa shape index (κ1) is 17.0. The highest BCUT2D eigenvalue weighted by Gasteiger charge is 2.54. The Morgan fingerprint density at radius 3 is 3.00 bits per heavy atom. The number of fused-ring (bicyclic) bond motifs is 2. The molecule has 1 aromatic heterocycles. The van der Waals surface area contributed by atoms with Gasteiger partial charge in [-0.1, -0.05) is 13.8 Å². The average Bonchev–Trinajstić information content (AvgIpc) is 3.08. The van der Waals surface area contributed by atoms with E-state index in [0.29, 0.717) is 18.9 Å². The number of carbonyl (C=O) groups is 3. The van der Waals surface area contributed by atoms with Crippen molar-refractivity contribution < 1.29 is 14.4 Å². The van der Waals surface area contributed by atoms with Crippen molar-refractivity contribution in [1.29, 1.82) is 0 Å². The summed E-state index contributed by atoms with van der Waals surface area (Å²) in [6, 6.07) is 1.45. The molecule has 2 aliphatic rings. The molecule has 0 bridgehead atoms. The van der Waals surface area contributed by atoms with E-state index in [0.717, 1.165) is 34.6 Å². The number of rotatable bonds is 5. The van der Waals surface area contributed by atoms with Crippen LogP contribution in [0.15, 0.2) is 11.4 Å². The highest BCUT2D eigenvalue weighted by molar-refractivity contribution is 7.10. The number of carbonyl (C=O) groups excluding carboxylic acids is 3. The first-order chi connectivity index (χ1) is 11.4. The molecule has 0 aromatic carbocycles. The molecule has 7 heteroatoms. The number of thiophene rings is 1. The van der Waals surface area contributed by atoms with Crippen LogP contribution >= 0.6 is 11.3 Å². The van der Waals surface area contributed by atoms with Crippen LogP contribution in [0.25, 0.3) is 0 Å². The molecule has 0 unspecified atom stereocenters. The standard InChI is InChI=1S/C17H23N3O3S/c1-11(2)5-8-18-14(21)10-20-15(22)17(19-16(20)23)7-3-4-13-12(17)6-9-24-13/h6,9,11H,3-5,7-8,10H2,1-2H3,(H,18,21)(H,19,23)/t17-/m0/s1. The summed E-state index contributed by atoms with van der Waals surface area (Å²) in [4.78, 5) is 39.5. The third-order valence-electron chi connectivity index (χ3n) is 4.68. The van der Waals surface area contributed by atoms with E-state index in [4.69, 9.17) is 0 Å². The number of hydrogen-bond donors (Lipinski definition) is 2. The maximum atomic E-state index is 12.9. The van der Waals surface area contributed by atoms with Crippen molar-refractivity contribution in [3.8, 4) is 0 Å². The highest BCUT2D eigenvalue weighted by atomic mass is 32.1. The summed E-state index contributed by atoms with van der Waals surface area (Å²) in [5.74, 6) is -0.104. The Hall–Kier alpha value is -1.89. The van der Waals surface area contributed by atoms with E-state index in [-0.39, 0.29) is 18.4 Å². The molecular formula is C17H23N3O3S. The Balaban J connectivity index is 1.71. The molecule has 3 rings (SSSR count). The van der Waals surface area contributed by atoms with Crippen molar-refractivity contribution in [2.45, 2.75) is 45.1 Å². The summed E-state index contributed by atoms with van der Waals surface area (Å²) in [7, 11) is 0. The third-order valence-corrected chi connectivity index (χ3v) is 5.66. The van der Waals surface area contributed by atoms with Gasteiger partial charge in [-0.15, -0.1) is 11.3 Å². The predicted octanol–water partition coefficient (Wildman–Crippen LogP) is 1.99. The molecule has 0 radical (unpaired) electrons. The Morgan fingerprint density at radius 2 is 2.25 bits per heavy atom. The van der Waals surface area contributed by atoms with Crippen LogP contribution < -0.4 is 10.6 Å². The highest BCUT2D eigenvalue weighted by Crippen LogP contribution is 2.41. The average molecular weight is 349 g/mol. The van der Waals surface area contributed by atoms with Crippen molar-refractivity contribution in [3.05, 3.63) is 21.9 Å². The van der Waals surface area contributed by atoms with Gasteiger partial charge in [-0.05, 0) is 43.0 Å². The first-order valence-corrected chi connectivity index (χ1v) is 9.29. The fourth-order valence-electron chi connectivity index (χ4n) is 3.38. The van der Waals surface area contributed by atoms with Crippen LogP contribution in [-0.4, -0.2) is 35.8 Å². The van der Waals surface area contributed by atoms with Crippen LogP contribution in [-0.2, 0) is 21.5 Å². The fraction of sp³-hybridized carbons (Fsp3) is 0.588. The normalized spacial score (nSPS) is 22.9. The molecular weight excluding hydrogens is 326 g/mol. The number of hydrogen-bond acceptors (Lipinski definition) is 4. The van der Waals surface area contributed by atoms with Crippen LogP contribution in [0.5, 0.6) is 0 Å². The van der Waals surface area contributed by atoms with Crippen molar-refractivity contribution in [1.82, 2.24) is 15.5 Å². The summed E-state index contributed by atoms with van der Waals surface area (Å²) in [6.45, 7) is 4.49. The van der Waals surface area contributed by atoms with E-state index >= 15 is 0 Å². The van der Waals surface area contributed by atoms with Gasteiger partial charge in [-0.2, -0.15) is 0 Å². The molecule has 0 saturated carbocycles. The Kier molecular flexibility index (Phi) is 4.62. The second kappa shape index (κ2) is 6.55. The van der Waals surface area contributed by atoms with Crippen LogP contribution in [0.4, 0.5) is 4.79 Å². The maximum Gasteiger partial charge on any atom is 0.325 e. The van der Waals surface area contributed by atoms with E-state index in [1.54, 1.807) is 11.3 Å². The lowest BCUT2D eigenvalue weighted by Crippen LogP contribution is -2.46. The Labute approximate surface area is 145 Å². The number of nitrogens with one attached hydrogen (secondary N) is 2. The maximum absolute atomic E-state index is 12.9. The summed E-state index contributed by atoms with van der Waals surface area (Å²) in [5, 5.41) is 7.59. The summed E-state index contributed by atoms with van der Waals surface area (Å²) in [5.41, 5.74) is -0.0668. The van der Waals surface area contributed by atoms with Gasteiger partial charge in [0.2, 0.25) is 5.91 Å². The molecule has 1 fully saturated rings. The van der Waals surface area contributed by atoms with Crippen LogP contribution in [0.2, 0.25) is 0 Å². The summed E-state index contributed by atoms with van der Waals surface area (Å²) < 4.78 is 0. The van der Waals surface area contributed by atoms with Gasteiger partial charge in [0.05, 0.1) is 0 Å². The molecule has 130 valence electrons. The summed E-state index contributed by atoms with van der Waals surface area (Å²) in [6.07, 6.45) is 3.25. The van der Waals surface area contributed by atoms with Gasteiger partial charge in [-0.25, -0.2) is 4.79 Å². The Bertz CT molecular complexity index is 670. The van der Waals surface area contributed by atoms with Crippen LogP contribution in [0.3, 0.4) is 0 Å². The van der Waals surface area contributed by atoms with Gasteiger partial charge in [0.15, 0.2) is 0 Å². The minimum absolute atomic E-state index is 0.218. The van der Waals surface area contributed by atoms with Crippen molar-refractivity contribution >= 4 is 29.2 Å². The van der Waals surface area contributed by atoms with Crippen molar-refractivity contribution in [3.63, 3.8) is 0 Å². The van der Waals surface area contributed by atoms with Crippen LogP contribution in [0.1, 0.15) is 43.6 Å². The number of urea groups is 1. The lowest BCUT2D eigenvalue weighted by Gasteiger charge is -2.31. The van der Waals surface area contributed by atoms with E-state index in [2.05, 4.69) is 24.5 Å². The Morgan fingerprint density at radius 1 is 1.46 bits per heavy atom. The molecule has 24 heavy (non-hydrogen) atoms. The van der Waals surface area contributed by atoms with Gasteiger partial charge >= 0.3 is 6.03 Å². The minimum atomic E-state index is -0.969. The lowest BCUT2D eigenvalue weighted by molar-refractivity contribution is -0.135. The largest absolute Gasteiger partial charge is 0.355 e. The van der Waals surface area contributed by atoms with Gasteiger partial charge in [0, 0.05) is 17.0 Å². The predicted molar refractivity (Wildman–Crippen MR) is 91.6 cm³/mol. The first-order valence-electron chi connectivity index (χ1n) is 8.41. The van der Waals surface area contributed by atoms with E-state index in [1.165, 1.54) is 0 Å². The molecule has 4 amide bonds. The molecule has 1 spiro atoms. The number of amides is 4. The number of imide groups is 1. The summed E-state index contributed by atoms with van der Waals surface area (Å²) >= 11 is 1.62. The zero-order chi connectivity index (χ0) is 17.3. The minimum Gasteiger partial charge on any atom is -0.355 e. The second-order valence-electron chi connectivity index (χ2n) is 6.87. The third kappa shape index (κ3) is 2.92. The SMILES string of the molecule is CC(C)CCNC(=O)CN1C(=O)N[C@]2(CCCc3sccc32)C1=O. The molecule has 1 aliphatic carbocycles. The van der Waals surface area contributed by atoms with E-state index < -0.39 is 11.6 Å². The van der Waals surface area contributed by atoms with Crippen molar-refractivity contribution in [2.24, 2.45) is 5.92 Å². The smallest absolute Gasteiger partial charge is 0.325 e. The van der Waals surface area contributed by atoms with E-state index in [1.807, 2.05) is 11.4 Å². The molecule has 1 aliphatic heterocycles. The monoisotopic (exact) mass is 349 g/mol.